The molecule has 0 radical (unpaired) electrons. The van der Waals surface area contributed by atoms with Crippen LogP contribution in [0.15, 0.2) is 54.6 Å². The summed E-state index contributed by atoms with van der Waals surface area (Å²) in [6.07, 6.45) is -12.8. The Kier molecular flexibility index (Phi) is 18.6. The number of alkyl halides is 8. The predicted molar refractivity (Wildman–Crippen MR) is 299 cm³/mol. The molecule has 37 heteroatoms. The van der Waals surface area contributed by atoms with Gasteiger partial charge in [-0.1, -0.05) is 37.4 Å². The summed E-state index contributed by atoms with van der Waals surface area (Å²) in [6.45, 7) is 1.64. The second-order valence-electron chi connectivity index (χ2n) is 22.5. The van der Waals surface area contributed by atoms with E-state index < -0.39 is 206 Å². The topological polar surface area (TPSA) is 320 Å². The average Bonchev–Trinajstić information content (AvgIpc) is 1.52. The minimum absolute atomic E-state index is 0.0487. The van der Waals surface area contributed by atoms with E-state index in [9.17, 15) is 95.0 Å². The van der Waals surface area contributed by atoms with Gasteiger partial charge in [-0.2, -0.15) is 45.3 Å². The Morgan fingerprint density at radius 3 is 2.14 bits per heavy atom. The molecule has 0 saturated heterocycles. The van der Waals surface area contributed by atoms with E-state index in [1.807, 2.05) is 5.32 Å². The van der Waals surface area contributed by atoms with Gasteiger partial charge in [0, 0.05) is 63.3 Å². The smallest absolute Gasteiger partial charge is 0.404 e. The SMILES string of the molecule is Cc1cc(C(=O)NCP(=O)(O)O)cc(OP(=O)(O)O)c1C(C)(C)CC(=O)N(Cc1nn(CC(F)(F)F)c2c(-c3ccc(C#CC(C)(C)S(C)(=O)=O)nc3[C@H](Cc3cc(F)cc(F)c3)NC(=O)Cn3nc(C(F)(F)F)c4c3C(F)(F)[C@@H]3C[C@H]43)ccc(Cl)c12)[SH](=O)=O. The second-order valence-corrected chi connectivity index (χ2v) is 29.2. The number of amides is 3. The molecule has 486 valence electrons. The van der Waals surface area contributed by atoms with Crippen LogP contribution in [0.4, 0.5) is 43.9 Å². The van der Waals surface area contributed by atoms with E-state index in [1.54, 1.807) is 0 Å². The van der Waals surface area contributed by atoms with Gasteiger partial charge in [-0.05, 0) is 99.0 Å². The molecule has 6 N–H and O–H groups in total. The molecule has 8 rings (SSSR count). The number of phosphoric ester groups is 1. The quantitative estimate of drug-likeness (QED) is 0.0164. The summed E-state index contributed by atoms with van der Waals surface area (Å²) in [5, 5.41) is 10.9. The lowest BCUT2D eigenvalue weighted by Gasteiger charge is -2.30. The molecule has 6 aromatic rings. The van der Waals surface area contributed by atoms with E-state index in [0.717, 1.165) is 54.8 Å². The molecule has 1 fully saturated rings. The Labute approximate surface area is 510 Å². The van der Waals surface area contributed by atoms with Crippen molar-refractivity contribution in [2.24, 2.45) is 5.92 Å². The Bertz CT molecular complexity index is 4300. The molecule has 3 aromatic carbocycles. The number of sulfone groups is 1. The molecule has 2 aliphatic rings. The zero-order valence-electron chi connectivity index (χ0n) is 47.3. The fraction of sp³-hybridized carbons (Fsp3) is 0.396. The van der Waals surface area contributed by atoms with Gasteiger partial charge in [0.25, 0.3) is 11.8 Å². The lowest BCUT2D eigenvalue weighted by atomic mass is 9.78. The van der Waals surface area contributed by atoms with Crippen LogP contribution < -0.4 is 15.2 Å². The zero-order chi connectivity index (χ0) is 67.1. The summed E-state index contributed by atoms with van der Waals surface area (Å²) < 4.78 is 228. The van der Waals surface area contributed by atoms with Crippen molar-refractivity contribution in [2.45, 2.75) is 114 Å². The van der Waals surface area contributed by atoms with Crippen molar-refractivity contribution in [1.82, 2.24) is 39.5 Å². The normalized spacial score (nSPS) is 16.3. The highest BCUT2D eigenvalue weighted by Crippen LogP contribution is 2.68. The molecule has 1 saturated carbocycles. The molecule has 2 aliphatic carbocycles. The third-order valence-electron chi connectivity index (χ3n) is 14.7. The number of hydrogen-bond donors (Lipinski definition) is 7. The molecule has 0 bridgehead atoms. The predicted octanol–water partition coefficient (Wildman–Crippen LogP) is 8.16. The van der Waals surface area contributed by atoms with Crippen molar-refractivity contribution in [1.29, 1.82) is 0 Å². The number of nitrogens with zero attached hydrogens (tertiary/aromatic N) is 6. The van der Waals surface area contributed by atoms with E-state index in [4.69, 9.17) is 16.1 Å². The first-order chi connectivity index (χ1) is 41.2. The number of nitrogens with one attached hydrogen (secondary N) is 2. The fourth-order valence-electron chi connectivity index (χ4n) is 10.6. The molecule has 22 nitrogen and oxygen atoms in total. The summed E-state index contributed by atoms with van der Waals surface area (Å²) in [5.41, 5.74) is -9.33. The van der Waals surface area contributed by atoms with Crippen LogP contribution >= 0.6 is 27.0 Å². The first-order valence-corrected chi connectivity index (χ1v) is 32.9. The lowest BCUT2D eigenvalue weighted by Crippen LogP contribution is -2.35. The summed E-state index contributed by atoms with van der Waals surface area (Å²) >= 11 is 6.76. The maximum Gasteiger partial charge on any atom is 0.524 e. The van der Waals surface area contributed by atoms with Gasteiger partial charge in [-0.25, -0.2) is 39.5 Å². The van der Waals surface area contributed by atoms with Crippen LogP contribution in [0.2, 0.25) is 5.02 Å². The minimum atomic E-state index is -5.54. The zero-order valence-corrected chi connectivity index (χ0v) is 51.6. The number of fused-ring (bicyclic) bond motifs is 4. The molecule has 3 aromatic heterocycles. The maximum absolute atomic E-state index is 15.7. The number of hydrogen-bond acceptors (Lipinski definition) is 13. The average molecular weight is 1380 g/mol. The van der Waals surface area contributed by atoms with Crippen LogP contribution in [0.25, 0.3) is 22.0 Å². The highest BCUT2D eigenvalue weighted by Gasteiger charge is 2.68. The lowest BCUT2D eigenvalue weighted by molar-refractivity contribution is -0.143. The highest BCUT2D eigenvalue weighted by molar-refractivity contribution is 7.92. The summed E-state index contributed by atoms with van der Waals surface area (Å²) in [4.78, 5) is 84.4. The number of aromatic nitrogens is 5. The Hall–Kier alpha value is -6.95. The maximum atomic E-state index is 15.7. The van der Waals surface area contributed by atoms with Gasteiger partial charge >= 0.3 is 27.8 Å². The number of halogens is 11. The van der Waals surface area contributed by atoms with E-state index in [2.05, 4.69) is 32.3 Å². The van der Waals surface area contributed by atoms with Crippen molar-refractivity contribution in [2.75, 3.05) is 12.5 Å². The monoisotopic (exact) mass is 1370 g/mol. The molecule has 0 spiro atoms. The second kappa shape index (κ2) is 24.3. The van der Waals surface area contributed by atoms with Gasteiger partial charge in [0.2, 0.25) is 22.7 Å². The van der Waals surface area contributed by atoms with Gasteiger partial charge in [-0.15, -0.1) is 0 Å². The number of rotatable bonds is 20. The molecular weight excluding hydrogens is 1320 g/mol. The van der Waals surface area contributed by atoms with Crippen molar-refractivity contribution < 1.29 is 108 Å². The van der Waals surface area contributed by atoms with Crippen molar-refractivity contribution in [3.63, 3.8) is 0 Å². The Morgan fingerprint density at radius 2 is 1.57 bits per heavy atom. The van der Waals surface area contributed by atoms with Gasteiger partial charge in [0.1, 0.15) is 52.9 Å². The number of carbonyl (C=O) groups excluding carboxylic acids is 3. The third kappa shape index (κ3) is 15.2. The van der Waals surface area contributed by atoms with Crippen molar-refractivity contribution in [3.05, 3.63) is 128 Å². The molecule has 0 aliphatic heterocycles. The molecule has 3 heterocycles. The molecule has 90 heavy (non-hydrogen) atoms. The van der Waals surface area contributed by atoms with Crippen LogP contribution in [-0.4, -0.2) is 106 Å². The van der Waals surface area contributed by atoms with E-state index in [1.165, 1.54) is 34.6 Å². The Balaban J connectivity index is 1.28. The first kappa shape index (κ1) is 68.9. The number of aryl methyl sites for hydroxylation is 1. The van der Waals surface area contributed by atoms with Crippen LogP contribution in [0, 0.1) is 36.3 Å². The minimum Gasteiger partial charge on any atom is -0.404 e. The largest absolute Gasteiger partial charge is 0.524 e. The van der Waals surface area contributed by atoms with Gasteiger partial charge in [-0.3, -0.25) is 38.1 Å². The van der Waals surface area contributed by atoms with E-state index in [-0.39, 0.29) is 48.9 Å². The summed E-state index contributed by atoms with van der Waals surface area (Å²) in [7, 11) is -18.5. The number of phosphoric acid groups is 1. The van der Waals surface area contributed by atoms with Crippen molar-refractivity contribution in [3.8, 4) is 28.7 Å². The summed E-state index contributed by atoms with van der Waals surface area (Å²) in [5.74, 6) is -8.63. The van der Waals surface area contributed by atoms with E-state index in [0.29, 0.717) is 10.7 Å². The molecular formula is C53H51ClF10N8O14P2S2. The van der Waals surface area contributed by atoms with Gasteiger partial charge in [0.15, 0.2) is 15.5 Å². The number of benzene rings is 3. The third-order valence-corrected chi connectivity index (χ3v) is 18.7. The number of pyridine rings is 1. The highest BCUT2D eigenvalue weighted by atomic mass is 35.5. The first-order valence-electron chi connectivity index (χ1n) is 26.1. The van der Waals surface area contributed by atoms with Gasteiger partial charge in [0.05, 0.1) is 34.5 Å². The molecule has 0 unspecified atom stereocenters. The Morgan fingerprint density at radius 1 is 0.933 bits per heavy atom. The van der Waals surface area contributed by atoms with Crippen LogP contribution in [0.1, 0.15) is 114 Å². The summed E-state index contributed by atoms with van der Waals surface area (Å²) in [6, 6.07) is 6.40. The standard InChI is InChI=1S/C53H51ClF10N8O14P2S2/c1-25-13-27(48(75)65-24-87(76,77)78)17-38(86-88(79,80)81)43(25)49(2,3)20-40(74)72(89(82)83)21-37-42-35(54)10-9-32(45(42)71(68-37)23-51(57,58)59)31-8-7-30(11-12-50(4,5)90(6,84)85)66-44(31)36(16-26-14-28(55)18-29(56)15-26)67-39(73)22-70-47-41(46(69-70)53(62,63)64)33-19-34(33)52(47,60)61/h7-10,13-15,17-18,33-34,36,89H,16,19-24H2,1-6H3,(H,65,75)(H,67,73)(H2,76,77,78)(H2,79,80,81)/t33-,34+,36-/m0/s1. The fourth-order valence-corrected chi connectivity index (χ4v) is 12.4. The van der Waals surface area contributed by atoms with Crippen LogP contribution in [-0.2, 0) is 83.0 Å². The van der Waals surface area contributed by atoms with Gasteiger partial charge < -0.3 is 24.9 Å². The molecule has 3 amide bonds. The van der Waals surface area contributed by atoms with Crippen LogP contribution in [0.5, 0.6) is 5.75 Å². The molecule has 3 atom stereocenters. The number of thiol groups is 1. The van der Waals surface area contributed by atoms with E-state index >= 15 is 8.78 Å². The number of carbonyl (C=O) groups is 3. The van der Waals surface area contributed by atoms with Crippen molar-refractivity contribution >= 4 is 76.4 Å². The van der Waals surface area contributed by atoms with Crippen LogP contribution in [0.3, 0.4) is 0 Å².